The van der Waals surface area contributed by atoms with Crippen LogP contribution in [0.25, 0.3) is 0 Å². The van der Waals surface area contributed by atoms with Gasteiger partial charge in [-0.1, -0.05) is 35.9 Å². The molecule has 11 heteroatoms. The maximum Gasteiger partial charge on any atom is 0.416 e. The number of piperidine rings is 1. The maximum absolute atomic E-state index is 12.9. The second-order valence-corrected chi connectivity index (χ2v) is 11.1. The SMILES string of the molecule is O=S(NCCc1cn([C@@H]2CCOC3=C2C=CC(CN2CCCCC2)C=C3)nn1)c1cccc(C(F)(F)F)c1. The number of alkyl halides is 3. The van der Waals surface area contributed by atoms with Crippen molar-refractivity contribution in [3.05, 3.63) is 77.4 Å². The summed E-state index contributed by atoms with van der Waals surface area (Å²) >= 11 is 0. The lowest BCUT2D eigenvalue weighted by Gasteiger charge is -2.28. The lowest BCUT2D eigenvalue weighted by Crippen LogP contribution is -2.33. The van der Waals surface area contributed by atoms with Gasteiger partial charge in [-0.3, -0.25) is 0 Å². The fraction of sp³-hybridized carbons (Fsp3) is 0.481. The topological polar surface area (TPSA) is 72.3 Å². The highest BCUT2D eigenvalue weighted by Gasteiger charge is 2.31. The molecule has 2 unspecified atom stereocenters. The monoisotopic (exact) mass is 547 g/mol. The van der Waals surface area contributed by atoms with E-state index < -0.39 is 22.7 Å². The lowest BCUT2D eigenvalue weighted by atomic mass is 10.00. The summed E-state index contributed by atoms with van der Waals surface area (Å²) in [5.41, 5.74) is 0.968. The van der Waals surface area contributed by atoms with Gasteiger partial charge in [0.25, 0.3) is 0 Å². The minimum absolute atomic E-state index is 0.00170. The second kappa shape index (κ2) is 12.0. The Balaban J connectivity index is 1.18. The Kier molecular flexibility index (Phi) is 8.45. The van der Waals surface area contributed by atoms with Crippen molar-refractivity contribution >= 4 is 11.0 Å². The highest BCUT2D eigenvalue weighted by atomic mass is 32.2. The van der Waals surface area contributed by atoms with Crippen LogP contribution < -0.4 is 4.72 Å². The van der Waals surface area contributed by atoms with Crippen molar-refractivity contribution in [3.8, 4) is 0 Å². The van der Waals surface area contributed by atoms with E-state index in [1.807, 2.05) is 10.9 Å². The van der Waals surface area contributed by atoms with Crippen LogP contribution >= 0.6 is 0 Å². The standard InChI is InChI=1S/C27H32F3N5O2S/c28-27(29,30)21-5-4-6-23(17-21)38(36)31-13-11-22-19-35(33-32-22)25-12-16-37-26-10-8-20(7-9-24(25)26)18-34-14-2-1-3-15-34/h4-10,17,19-20,25,31H,1-3,11-16,18H2/t20?,25-,38?/m1/s1. The number of rotatable bonds is 8. The molecule has 204 valence electrons. The van der Waals surface area contributed by atoms with Crippen molar-refractivity contribution in [2.24, 2.45) is 5.92 Å². The molecule has 0 amide bonds. The average molecular weight is 548 g/mol. The van der Waals surface area contributed by atoms with Crippen molar-refractivity contribution in [2.45, 2.75) is 49.2 Å². The van der Waals surface area contributed by atoms with Gasteiger partial charge < -0.3 is 9.64 Å². The predicted molar refractivity (Wildman–Crippen MR) is 138 cm³/mol. The molecule has 5 rings (SSSR count). The highest BCUT2D eigenvalue weighted by molar-refractivity contribution is 7.83. The van der Waals surface area contributed by atoms with Crippen LogP contribution in [0.3, 0.4) is 0 Å². The quantitative estimate of drug-likeness (QED) is 0.523. The summed E-state index contributed by atoms with van der Waals surface area (Å²) in [6, 6.07) is 4.54. The fourth-order valence-corrected chi connectivity index (χ4v) is 5.97. The molecule has 3 heterocycles. The van der Waals surface area contributed by atoms with Crippen LogP contribution in [0, 0.1) is 5.92 Å². The Hall–Kier alpha value is -2.76. The second-order valence-electron chi connectivity index (χ2n) is 9.84. The molecule has 1 fully saturated rings. The van der Waals surface area contributed by atoms with Crippen molar-refractivity contribution < 1.29 is 22.1 Å². The van der Waals surface area contributed by atoms with Crippen molar-refractivity contribution in [2.75, 3.05) is 32.8 Å². The number of benzene rings is 1. The summed E-state index contributed by atoms with van der Waals surface area (Å²) in [5, 5.41) is 8.62. The number of hydrogen-bond donors (Lipinski definition) is 1. The van der Waals surface area contributed by atoms with Gasteiger partial charge in [-0.05, 0) is 50.2 Å². The first kappa shape index (κ1) is 26.8. The van der Waals surface area contributed by atoms with Crippen LogP contribution in [-0.4, -0.2) is 56.9 Å². The molecule has 0 radical (unpaired) electrons. The Morgan fingerprint density at radius 3 is 2.76 bits per heavy atom. The molecule has 2 aromatic rings. The van der Waals surface area contributed by atoms with Crippen LogP contribution in [-0.2, 0) is 28.3 Å². The molecule has 1 saturated heterocycles. The van der Waals surface area contributed by atoms with Gasteiger partial charge in [0.05, 0.1) is 28.8 Å². The Morgan fingerprint density at radius 1 is 1.13 bits per heavy atom. The number of halogens is 3. The van der Waals surface area contributed by atoms with Crippen LogP contribution in [0.1, 0.15) is 43.0 Å². The van der Waals surface area contributed by atoms with E-state index in [1.165, 1.54) is 31.4 Å². The molecule has 0 spiro atoms. The van der Waals surface area contributed by atoms with Gasteiger partial charge in [-0.25, -0.2) is 13.6 Å². The van der Waals surface area contributed by atoms with Gasteiger partial charge in [-0.2, -0.15) is 13.2 Å². The molecule has 3 atom stereocenters. The molecular weight excluding hydrogens is 515 g/mol. The number of nitrogens with one attached hydrogen (secondary N) is 1. The number of hydrogen-bond acceptors (Lipinski definition) is 5. The lowest BCUT2D eigenvalue weighted by molar-refractivity contribution is -0.137. The molecule has 0 bridgehead atoms. The van der Waals surface area contributed by atoms with Gasteiger partial charge in [0.2, 0.25) is 0 Å². The highest BCUT2D eigenvalue weighted by Crippen LogP contribution is 2.33. The Morgan fingerprint density at radius 2 is 1.95 bits per heavy atom. The van der Waals surface area contributed by atoms with Gasteiger partial charge in [0.15, 0.2) is 0 Å². The van der Waals surface area contributed by atoms with E-state index in [1.54, 1.807) is 0 Å². The Bertz CT molecular complexity index is 1230. The van der Waals surface area contributed by atoms with Gasteiger partial charge in [0, 0.05) is 43.6 Å². The molecule has 1 aromatic heterocycles. The van der Waals surface area contributed by atoms with Crippen LogP contribution in [0.2, 0.25) is 0 Å². The molecule has 1 aromatic carbocycles. The van der Waals surface area contributed by atoms with Gasteiger partial charge >= 0.3 is 6.18 Å². The predicted octanol–water partition coefficient (Wildman–Crippen LogP) is 4.60. The summed E-state index contributed by atoms with van der Waals surface area (Å²) in [5.74, 6) is 1.20. The van der Waals surface area contributed by atoms with Crippen LogP contribution in [0.4, 0.5) is 13.2 Å². The van der Waals surface area contributed by atoms with E-state index in [-0.39, 0.29) is 17.5 Å². The smallest absolute Gasteiger partial charge is 0.416 e. The van der Waals surface area contributed by atoms with Gasteiger partial charge in [-0.15, -0.1) is 5.10 Å². The fourth-order valence-electron chi connectivity index (χ4n) is 5.08. The summed E-state index contributed by atoms with van der Waals surface area (Å²) in [6.07, 6.45) is 11.2. The molecule has 1 aliphatic carbocycles. The molecule has 1 N–H and O–H groups in total. The van der Waals surface area contributed by atoms with E-state index in [9.17, 15) is 17.4 Å². The zero-order valence-corrected chi connectivity index (χ0v) is 21.9. The van der Waals surface area contributed by atoms with E-state index in [0.29, 0.717) is 24.6 Å². The van der Waals surface area contributed by atoms with Crippen molar-refractivity contribution in [3.63, 3.8) is 0 Å². The zero-order valence-electron chi connectivity index (χ0n) is 21.1. The first-order chi connectivity index (χ1) is 18.4. The number of nitrogens with zero attached hydrogens (tertiary/aromatic N) is 4. The molecule has 38 heavy (non-hydrogen) atoms. The molecular formula is C27H32F3N5O2S. The molecule has 2 aliphatic heterocycles. The third kappa shape index (κ3) is 6.62. The van der Waals surface area contributed by atoms with Crippen molar-refractivity contribution in [1.82, 2.24) is 24.6 Å². The van der Waals surface area contributed by atoms with Crippen LogP contribution in [0.15, 0.2) is 71.0 Å². The number of ether oxygens (including phenoxy) is 1. The zero-order chi connectivity index (χ0) is 26.5. The summed E-state index contributed by atoms with van der Waals surface area (Å²) < 4.78 is 61.9. The third-order valence-electron chi connectivity index (χ3n) is 7.09. The van der Waals surface area contributed by atoms with E-state index in [4.69, 9.17) is 4.74 Å². The average Bonchev–Trinajstić information content (AvgIpc) is 3.29. The minimum Gasteiger partial charge on any atom is -0.493 e. The minimum atomic E-state index is -4.48. The molecule has 0 saturated carbocycles. The number of allylic oxidation sites excluding steroid dienone is 3. The third-order valence-corrected chi connectivity index (χ3v) is 8.24. The first-order valence-corrected chi connectivity index (χ1v) is 14.2. The van der Waals surface area contributed by atoms with E-state index in [2.05, 4.69) is 44.2 Å². The summed E-state index contributed by atoms with van der Waals surface area (Å²) in [6.45, 7) is 4.21. The normalized spacial score (nSPS) is 23.1. The Labute approximate surface area is 223 Å². The van der Waals surface area contributed by atoms with Gasteiger partial charge in [0.1, 0.15) is 16.7 Å². The van der Waals surface area contributed by atoms with Crippen molar-refractivity contribution in [1.29, 1.82) is 0 Å². The number of likely N-dealkylation sites (tertiary alicyclic amines) is 1. The largest absolute Gasteiger partial charge is 0.493 e. The van der Waals surface area contributed by atoms with Crippen LogP contribution in [0.5, 0.6) is 0 Å². The maximum atomic E-state index is 12.9. The molecule has 7 nitrogen and oxygen atoms in total. The van der Waals surface area contributed by atoms with E-state index in [0.717, 1.165) is 49.5 Å². The van der Waals surface area contributed by atoms with E-state index >= 15 is 0 Å². The molecule has 3 aliphatic rings. The first-order valence-electron chi connectivity index (χ1n) is 13.1. The summed E-state index contributed by atoms with van der Waals surface area (Å²) in [7, 11) is -1.76. The number of aromatic nitrogens is 3. The summed E-state index contributed by atoms with van der Waals surface area (Å²) in [4.78, 5) is 2.61.